The van der Waals surface area contributed by atoms with Crippen LogP contribution < -0.4 is 10.2 Å². The lowest BCUT2D eigenvalue weighted by Crippen LogP contribution is -2.20. The fourth-order valence-electron chi connectivity index (χ4n) is 3.29. The number of carbonyl (C=O) groups excluding carboxylic acids is 1. The highest BCUT2D eigenvalue weighted by atomic mass is 16.5. The van der Waals surface area contributed by atoms with Gasteiger partial charge in [0.25, 0.3) is 5.91 Å². The molecule has 0 aliphatic carbocycles. The lowest BCUT2D eigenvalue weighted by Gasteiger charge is -2.09. The van der Waals surface area contributed by atoms with E-state index in [9.17, 15) is 4.79 Å². The average molecular weight is 397 g/mol. The molecule has 0 bridgehead atoms. The molecule has 1 amide bonds. The number of ether oxygens (including phenoxy) is 1. The van der Waals surface area contributed by atoms with Gasteiger partial charge in [-0.3, -0.25) is 4.79 Å². The Bertz CT molecular complexity index is 1210. The molecule has 150 valence electrons. The van der Waals surface area contributed by atoms with E-state index in [0.717, 1.165) is 22.0 Å². The second-order valence-electron chi connectivity index (χ2n) is 7.16. The number of nitrogens with zero attached hydrogens (tertiary/aromatic N) is 2. The standard InChI is InChI=1S/C25H23N3O2/c1-18-11-13-19(14-12-18)17-30-24-10-6-4-8-21(24)16-26-27-25(29)23-15-20-7-3-5-9-22(20)28(23)2/h3-16H,17H2,1-2H3,(H,27,29)/b26-16+. The van der Waals surface area contributed by atoms with Gasteiger partial charge in [0, 0.05) is 23.5 Å². The van der Waals surface area contributed by atoms with Gasteiger partial charge < -0.3 is 9.30 Å². The maximum atomic E-state index is 12.6. The first-order valence-corrected chi connectivity index (χ1v) is 9.77. The van der Waals surface area contributed by atoms with Crippen LogP contribution in [0.3, 0.4) is 0 Å². The fraction of sp³-hybridized carbons (Fsp3) is 0.120. The molecule has 30 heavy (non-hydrogen) atoms. The maximum absolute atomic E-state index is 12.6. The first kappa shape index (κ1) is 19.5. The summed E-state index contributed by atoms with van der Waals surface area (Å²) in [7, 11) is 1.87. The first-order valence-electron chi connectivity index (χ1n) is 9.77. The Labute approximate surface area is 175 Å². The van der Waals surface area contributed by atoms with Crippen molar-refractivity contribution in [3.05, 3.63) is 101 Å². The monoisotopic (exact) mass is 397 g/mol. The number of amides is 1. The minimum absolute atomic E-state index is 0.261. The molecule has 5 heteroatoms. The third-order valence-corrected chi connectivity index (χ3v) is 4.99. The van der Waals surface area contributed by atoms with Crippen molar-refractivity contribution in [2.75, 3.05) is 0 Å². The quantitative estimate of drug-likeness (QED) is 0.374. The smallest absolute Gasteiger partial charge is 0.287 e. The molecule has 4 aromatic rings. The molecule has 0 aliphatic heterocycles. The van der Waals surface area contributed by atoms with Crippen molar-refractivity contribution in [3.8, 4) is 5.75 Å². The number of hydrogen-bond acceptors (Lipinski definition) is 3. The molecule has 3 aromatic carbocycles. The van der Waals surface area contributed by atoms with Crippen molar-refractivity contribution in [2.24, 2.45) is 12.1 Å². The number of fused-ring (bicyclic) bond motifs is 1. The third-order valence-electron chi connectivity index (χ3n) is 4.99. The summed E-state index contributed by atoms with van der Waals surface area (Å²) in [6.45, 7) is 2.52. The van der Waals surface area contributed by atoms with Crippen molar-refractivity contribution in [1.29, 1.82) is 0 Å². The van der Waals surface area contributed by atoms with Crippen LogP contribution >= 0.6 is 0 Å². The van der Waals surface area contributed by atoms with E-state index < -0.39 is 0 Å². The minimum Gasteiger partial charge on any atom is -0.488 e. The van der Waals surface area contributed by atoms with Gasteiger partial charge in [-0.2, -0.15) is 5.10 Å². The van der Waals surface area contributed by atoms with E-state index in [4.69, 9.17) is 4.74 Å². The summed E-state index contributed by atoms with van der Waals surface area (Å²) in [6, 6.07) is 25.6. The zero-order valence-corrected chi connectivity index (χ0v) is 17.0. The molecule has 0 saturated heterocycles. The highest BCUT2D eigenvalue weighted by molar-refractivity contribution is 5.99. The highest BCUT2D eigenvalue weighted by Gasteiger charge is 2.12. The van der Waals surface area contributed by atoms with E-state index in [-0.39, 0.29) is 5.91 Å². The second kappa shape index (κ2) is 8.66. The van der Waals surface area contributed by atoms with E-state index in [1.165, 1.54) is 5.56 Å². The van der Waals surface area contributed by atoms with Crippen LogP contribution in [0.2, 0.25) is 0 Å². The van der Waals surface area contributed by atoms with Crippen LogP contribution in [-0.2, 0) is 13.7 Å². The number of aryl methyl sites for hydroxylation is 2. The van der Waals surface area contributed by atoms with Gasteiger partial charge in [-0.05, 0) is 36.8 Å². The van der Waals surface area contributed by atoms with Gasteiger partial charge in [0.05, 0.1) is 6.21 Å². The number of rotatable bonds is 6. The maximum Gasteiger partial charge on any atom is 0.287 e. The summed E-state index contributed by atoms with van der Waals surface area (Å²) in [6.07, 6.45) is 1.60. The zero-order chi connectivity index (χ0) is 20.9. The highest BCUT2D eigenvalue weighted by Crippen LogP contribution is 2.19. The molecule has 1 heterocycles. The van der Waals surface area contributed by atoms with E-state index >= 15 is 0 Å². The third kappa shape index (κ3) is 4.25. The van der Waals surface area contributed by atoms with Gasteiger partial charge in [-0.1, -0.05) is 60.2 Å². The van der Waals surface area contributed by atoms with Crippen LogP contribution in [-0.4, -0.2) is 16.7 Å². The van der Waals surface area contributed by atoms with Gasteiger partial charge in [-0.25, -0.2) is 5.43 Å². The molecule has 5 nitrogen and oxygen atoms in total. The summed E-state index contributed by atoms with van der Waals surface area (Å²) >= 11 is 0. The molecule has 0 spiro atoms. The summed E-state index contributed by atoms with van der Waals surface area (Å²) < 4.78 is 7.82. The van der Waals surface area contributed by atoms with Crippen LogP contribution in [0.25, 0.3) is 10.9 Å². The summed E-state index contributed by atoms with van der Waals surface area (Å²) in [5, 5.41) is 5.16. The molecule has 4 rings (SSSR count). The van der Waals surface area contributed by atoms with Gasteiger partial charge in [0.15, 0.2) is 0 Å². The second-order valence-corrected chi connectivity index (χ2v) is 7.16. The van der Waals surface area contributed by atoms with Crippen molar-refractivity contribution >= 4 is 23.0 Å². The molecular formula is C25H23N3O2. The van der Waals surface area contributed by atoms with Crippen molar-refractivity contribution < 1.29 is 9.53 Å². The predicted molar refractivity (Wildman–Crippen MR) is 120 cm³/mol. The molecule has 1 aromatic heterocycles. The fourth-order valence-corrected chi connectivity index (χ4v) is 3.29. The SMILES string of the molecule is Cc1ccc(COc2ccccc2/C=N/NC(=O)c2cc3ccccc3n2C)cc1. The number of carbonyl (C=O) groups is 1. The normalized spacial score (nSPS) is 11.1. The van der Waals surface area contributed by atoms with Crippen LogP contribution in [0.4, 0.5) is 0 Å². The van der Waals surface area contributed by atoms with Gasteiger partial charge in [-0.15, -0.1) is 0 Å². The van der Waals surface area contributed by atoms with E-state index in [0.29, 0.717) is 18.1 Å². The largest absolute Gasteiger partial charge is 0.488 e. The Hall–Kier alpha value is -3.86. The van der Waals surface area contributed by atoms with E-state index in [2.05, 4.69) is 41.7 Å². The number of hydrogen-bond donors (Lipinski definition) is 1. The first-order chi connectivity index (χ1) is 14.6. The van der Waals surface area contributed by atoms with Crippen molar-refractivity contribution in [3.63, 3.8) is 0 Å². The van der Waals surface area contributed by atoms with Crippen LogP contribution in [0.15, 0.2) is 84.0 Å². The van der Waals surface area contributed by atoms with Gasteiger partial charge >= 0.3 is 0 Å². The lowest BCUT2D eigenvalue weighted by molar-refractivity contribution is 0.0947. The Morgan fingerprint density at radius 3 is 2.57 bits per heavy atom. The summed E-state index contributed by atoms with van der Waals surface area (Å²) in [4.78, 5) is 12.6. The van der Waals surface area contributed by atoms with E-state index in [1.807, 2.05) is 66.2 Å². The van der Waals surface area contributed by atoms with E-state index in [1.54, 1.807) is 6.21 Å². The summed E-state index contributed by atoms with van der Waals surface area (Å²) in [5.74, 6) is 0.448. The summed E-state index contributed by atoms with van der Waals surface area (Å²) in [5.41, 5.74) is 7.27. The molecular weight excluding hydrogens is 374 g/mol. The van der Waals surface area contributed by atoms with Gasteiger partial charge in [0.1, 0.15) is 18.1 Å². The Morgan fingerprint density at radius 2 is 1.77 bits per heavy atom. The molecule has 0 radical (unpaired) electrons. The molecule has 1 N–H and O–H groups in total. The van der Waals surface area contributed by atoms with Crippen LogP contribution in [0, 0.1) is 6.92 Å². The number of benzene rings is 3. The minimum atomic E-state index is -0.261. The Balaban J connectivity index is 1.44. The molecule has 0 fully saturated rings. The predicted octanol–water partition coefficient (Wildman–Crippen LogP) is 4.83. The van der Waals surface area contributed by atoms with Crippen LogP contribution in [0.1, 0.15) is 27.2 Å². The number of nitrogens with one attached hydrogen (secondary N) is 1. The van der Waals surface area contributed by atoms with Crippen molar-refractivity contribution in [1.82, 2.24) is 9.99 Å². The number of para-hydroxylation sites is 2. The average Bonchev–Trinajstić information content (AvgIpc) is 3.11. The molecule has 0 atom stereocenters. The molecule has 0 saturated carbocycles. The Kier molecular flexibility index (Phi) is 5.61. The van der Waals surface area contributed by atoms with Crippen molar-refractivity contribution in [2.45, 2.75) is 13.5 Å². The molecule has 0 unspecified atom stereocenters. The van der Waals surface area contributed by atoms with Gasteiger partial charge in [0.2, 0.25) is 0 Å². The van der Waals surface area contributed by atoms with Crippen LogP contribution in [0.5, 0.6) is 5.75 Å². The molecule has 0 aliphatic rings. The lowest BCUT2D eigenvalue weighted by atomic mass is 10.1. The number of aromatic nitrogens is 1. The number of hydrazone groups is 1. The zero-order valence-electron chi connectivity index (χ0n) is 17.0. The Morgan fingerprint density at radius 1 is 1.03 bits per heavy atom. The topological polar surface area (TPSA) is 55.6 Å².